The fourth-order valence-corrected chi connectivity index (χ4v) is 3.38. The van der Waals surface area contributed by atoms with Crippen LogP contribution in [-0.2, 0) is 6.54 Å². The summed E-state index contributed by atoms with van der Waals surface area (Å²) in [5.74, 6) is -2.14. The second kappa shape index (κ2) is 8.79. The van der Waals surface area contributed by atoms with Crippen molar-refractivity contribution in [3.05, 3.63) is 114 Å². The molecule has 0 atom stereocenters. The topological polar surface area (TPSA) is 49.3 Å². The lowest BCUT2D eigenvalue weighted by atomic mass is 10.0. The molecule has 0 saturated carbocycles. The van der Waals surface area contributed by atoms with Gasteiger partial charge >= 0.3 is 0 Å². The molecule has 0 spiro atoms. The van der Waals surface area contributed by atoms with Crippen LogP contribution in [0.2, 0.25) is 0 Å². The summed E-state index contributed by atoms with van der Waals surface area (Å²) in [5, 5.41) is 12.9. The molecule has 154 valence electrons. The normalized spacial score (nSPS) is 10.6. The van der Waals surface area contributed by atoms with Gasteiger partial charge in [0.05, 0.1) is 5.56 Å². The molecule has 0 aliphatic heterocycles. The first-order valence-corrected chi connectivity index (χ1v) is 9.72. The molecule has 0 bridgehead atoms. The Morgan fingerprint density at radius 3 is 2.32 bits per heavy atom. The largest absolute Gasteiger partial charge is 0.507 e. The molecule has 0 radical (unpaired) electrons. The molecule has 1 amide bonds. The highest BCUT2D eigenvalue weighted by Gasteiger charge is 2.15. The van der Waals surface area contributed by atoms with Gasteiger partial charge in [0.1, 0.15) is 17.4 Å². The van der Waals surface area contributed by atoms with Crippen LogP contribution in [0.1, 0.15) is 15.9 Å². The molecule has 0 saturated heterocycles. The smallest absolute Gasteiger partial charge is 0.255 e. The number of amides is 1. The number of phenolic OH excluding ortho intramolecular Hbond substituents is 1. The van der Waals surface area contributed by atoms with E-state index in [0.717, 1.165) is 28.8 Å². The summed E-state index contributed by atoms with van der Waals surface area (Å²) >= 11 is 0. The van der Waals surface area contributed by atoms with E-state index < -0.39 is 17.5 Å². The predicted molar refractivity (Wildman–Crippen MR) is 117 cm³/mol. The molecule has 4 aromatic rings. The zero-order valence-corrected chi connectivity index (χ0v) is 16.5. The van der Waals surface area contributed by atoms with E-state index in [1.165, 1.54) is 24.3 Å². The average Bonchev–Trinajstić information content (AvgIpc) is 2.79. The fraction of sp³-hybridized carbons (Fsp3) is 0.0385. The van der Waals surface area contributed by atoms with Crippen LogP contribution in [0.15, 0.2) is 91.0 Å². The van der Waals surface area contributed by atoms with Gasteiger partial charge in [-0.15, -0.1) is 0 Å². The first-order chi connectivity index (χ1) is 15.0. The molecule has 3 nitrogen and oxygen atoms in total. The number of nitrogens with one attached hydrogen (secondary N) is 1. The SMILES string of the molecule is O=C(NCc1cccc(-c2ccccc2)c1)c1cc(-c2ccc(F)cc2F)ccc1O. The maximum absolute atomic E-state index is 14.1. The summed E-state index contributed by atoms with van der Waals surface area (Å²) in [4.78, 5) is 12.7. The molecule has 4 aromatic carbocycles. The van der Waals surface area contributed by atoms with Crippen LogP contribution in [-0.4, -0.2) is 11.0 Å². The molecule has 5 heteroatoms. The summed E-state index contributed by atoms with van der Waals surface area (Å²) in [7, 11) is 0. The van der Waals surface area contributed by atoms with E-state index in [2.05, 4.69) is 5.32 Å². The van der Waals surface area contributed by atoms with Crippen LogP contribution in [0.3, 0.4) is 0 Å². The third-order valence-electron chi connectivity index (χ3n) is 4.97. The Labute approximate surface area is 178 Å². The Hall–Kier alpha value is -3.99. The van der Waals surface area contributed by atoms with Gasteiger partial charge in [-0.1, -0.05) is 54.6 Å². The number of carbonyl (C=O) groups excluding carboxylic acids is 1. The number of rotatable bonds is 5. The molecule has 0 unspecified atom stereocenters. The third kappa shape index (κ3) is 4.61. The lowest BCUT2D eigenvalue weighted by Gasteiger charge is -2.11. The molecular weight excluding hydrogens is 396 g/mol. The van der Waals surface area contributed by atoms with Crippen molar-refractivity contribution in [1.82, 2.24) is 5.32 Å². The van der Waals surface area contributed by atoms with Crippen molar-refractivity contribution in [2.24, 2.45) is 0 Å². The maximum atomic E-state index is 14.1. The second-order valence-corrected chi connectivity index (χ2v) is 7.11. The summed E-state index contributed by atoms with van der Waals surface area (Å²) in [6, 6.07) is 25.1. The van der Waals surface area contributed by atoms with E-state index in [9.17, 15) is 18.7 Å². The van der Waals surface area contributed by atoms with Gasteiger partial charge in [-0.25, -0.2) is 8.78 Å². The number of hydrogen-bond donors (Lipinski definition) is 2. The number of phenols is 1. The van der Waals surface area contributed by atoms with Crippen molar-refractivity contribution in [3.8, 4) is 28.0 Å². The summed E-state index contributed by atoms with van der Waals surface area (Å²) in [6.07, 6.45) is 0. The monoisotopic (exact) mass is 415 g/mol. The Morgan fingerprint density at radius 2 is 1.55 bits per heavy atom. The van der Waals surface area contributed by atoms with Crippen molar-refractivity contribution >= 4 is 5.91 Å². The highest BCUT2D eigenvalue weighted by molar-refractivity contribution is 5.98. The van der Waals surface area contributed by atoms with Crippen LogP contribution in [0, 0.1) is 11.6 Å². The Kier molecular flexibility index (Phi) is 5.76. The zero-order chi connectivity index (χ0) is 21.8. The number of benzene rings is 4. The fourth-order valence-electron chi connectivity index (χ4n) is 3.38. The van der Waals surface area contributed by atoms with Crippen molar-refractivity contribution in [3.63, 3.8) is 0 Å². The predicted octanol–water partition coefficient (Wildman–Crippen LogP) is 5.93. The first kappa shape index (κ1) is 20.3. The summed E-state index contributed by atoms with van der Waals surface area (Å²) < 4.78 is 27.3. The van der Waals surface area contributed by atoms with Crippen molar-refractivity contribution in [2.75, 3.05) is 0 Å². The van der Waals surface area contributed by atoms with Crippen molar-refractivity contribution < 1.29 is 18.7 Å². The van der Waals surface area contributed by atoms with E-state index in [1.807, 2.05) is 54.6 Å². The minimum Gasteiger partial charge on any atom is -0.507 e. The van der Waals surface area contributed by atoms with Gasteiger partial charge in [-0.05, 0) is 52.6 Å². The lowest BCUT2D eigenvalue weighted by molar-refractivity contribution is 0.0948. The van der Waals surface area contributed by atoms with Gasteiger partial charge in [-0.3, -0.25) is 4.79 Å². The minimum atomic E-state index is -0.741. The molecule has 2 N–H and O–H groups in total. The molecule has 0 heterocycles. The van der Waals surface area contributed by atoms with Gasteiger partial charge in [0.2, 0.25) is 0 Å². The lowest BCUT2D eigenvalue weighted by Crippen LogP contribution is -2.23. The van der Waals surface area contributed by atoms with Crippen LogP contribution in [0.5, 0.6) is 5.75 Å². The van der Waals surface area contributed by atoms with Crippen molar-refractivity contribution in [1.29, 1.82) is 0 Å². The standard InChI is InChI=1S/C26H19F2NO2/c27-21-10-11-22(24(28)15-21)20-9-12-25(30)23(14-20)26(31)29-16-17-5-4-8-19(13-17)18-6-2-1-3-7-18/h1-15,30H,16H2,(H,29,31). The molecule has 0 aliphatic rings. The van der Waals surface area contributed by atoms with Gasteiger partial charge in [0, 0.05) is 18.2 Å². The Balaban J connectivity index is 1.53. The molecule has 0 aliphatic carbocycles. The highest BCUT2D eigenvalue weighted by Crippen LogP contribution is 2.28. The summed E-state index contributed by atoms with van der Waals surface area (Å²) in [6.45, 7) is 0.258. The molecular formula is C26H19F2NO2. The summed E-state index contributed by atoms with van der Waals surface area (Å²) in [5.41, 5.74) is 3.53. The molecule has 0 aromatic heterocycles. The van der Waals surface area contributed by atoms with E-state index in [-0.39, 0.29) is 23.4 Å². The molecule has 0 fully saturated rings. The number of aromatic hydroxyl groups is 1. The van der Waals surface area contributed by atoms with E-state index >= 15 is 0 Å². The van der Waals surface area contributed by atoms with Crippen LogP contribution in [0.25, 0.3) is 22.3 Å². The van der Waals surface area contributed by atoms with Gasteiger partial charge in [0.25, 0.3) is 5.91 Å². The number of carbonyl (C=O) groups is 1. The van der Waals surface area contributed by atoms with E-state index in [4.69, 9.17) is 0 Å². The molecule has 4 rings (SSSR count). The second-order valence-electron chi connectivity index (χ2n) is 7.11. The van der Waals surface area contributed by atoms with E-state index in [1.54, 1.807) is 0 Å². The zero-order valence-electron chi connectivity index (χ0n) is 16.5. The quantitative estimate of drug-likeness (QED) is 0.424. The first-order valence-electron chi connectivity index (χ1n) is 9.72. The van der Waals surface area contributed by atoms with E-state index in [0.29, 0.717) is 5.56 Å². The Bertz CT molecular complexity index is 1240. The third-order valence-corrected chi connectivity index (χ3v) is 4.97. The number of hydrogen-bond acceptors (Lipinski definition) is 2. The van der Waals surface area contributed by atoms with Crippen LogP contribution in [0.4, 0.5) is 8.78 Å². The molecule has 31 heavy (non-hydrogen) atoms. The Morgan fingerprint density at radius 1 is 0.774 bits per heavy atom. The van der Waals surface area contributed by atoms with Crippen molar-refractivity contribution in [2.45, 2.75) is 6.54 Å². The van der Waals surface area contributed by atoms with Gasteiger partial charge < -0.3 is 10.4 Å². The average molecular weight is 415 g/mol. The number of halogens is 2. The van der Waals surface area contributed by atoms with Crippen LogP contribution >= 0.6 is 0 Å². The highest BCUT2D eigenvalue weighted by atomic mass is 19.1. The van der Waals surface area contributed by atoms with Crippen LogP contribution < -0.4 is 5.32 Å². The van der Waals surface area contributed by atoms with Gasteiger partial charge in [-0.2, -0.15) is 0 Å². The minimum absolute atomic E-state index is 0.0143. The maximum Gasteiger partial charge on any atom is 0.255 e. The van der Waals surface area contributed by atoms with Gasteiger partial charge in [0.15, 0.2) is 0 Å².